The summed E-state index contributed by atoms with van der Waals surface area (Å²) in [6, 6.07) is 13.4. The van der Waals surface area contributed by atoms with Gasteiger partial charge in [0.05, 0.1) is 6.21 Å². The average molecular weight is 356 g/mol. The number of hydrazone groups is 1. The number of amides is 3. The first kappa shape index (κ1) is 18.2. The maximum absolute atomic E-state index is 11.8. The van der Waals surface area contributed by atoms with Crippen molar-refractivity contribution < 1.29 is 14.4 Å². The van der Waals surface area contributed by atoms with Crippen LogP contribution in [0.5, 0.6) is 0 Å². The second-order valence-corrected chi connectivity index (χ2v) is 5.75. The third kappa shape index (κ3) is 5.47. The third-order valence-electron chi connectivity index (χ3n) is 3.13. The number of thioether (sulfide) groups is 1. The molecule has 0 aliphatic rings. The van der Waals surface area contributed by atoms with Crippen molar-refractivity contribution in [3.05, 3.63) is 59.7 Å². The van der Waals surface area contributed by atoms with E-state index in [-0.39, 0.29) is 0 Å². The van der Waals surface area contributed by atoms with Crippen LogP contribution in [0.25, 0.3) is 0 Å². The number of anilines is 1. The largest absolute Gasteiger partial charge is 0.366 e. The van der Waals surface area contributed by atoms with E-state index in [4.69, 9.17) is 5.73 Å². The molecule has 3 amide bonds. The Balaban J connectivity index is 1.87. The van der Waals surface area contributed by atoms with Gasteiger partial charge < -0.3 is 11.1 Å². The Morgan fingerprint density at radius 2 is 1.64 bits per heavy atom. The number of hydrogen-bond acceptors (Lipinski definition) is 5. The maximum atomic E-state index is 11.8. The molecule has 0 aliphatic carbocycles. The van der Waals surface area contributed by atoms with E-state index in [0.29, 0.717) is 11.3 Å². The van der Waals surface area contributed by atoms with Gasteiger partial charge in [0, 0.05) is 16.1 Å². The maximum Gasteiger partial charge on any atom is 0.329 e. The van der Waals surface area contributed by atoms with Crippen LogP contribution in [0.2, 0.25) is 0 Å². The van der Waals surface area contributed by atoms with Gasteiger partial charge in [-0.1, -0.05) is 12.1 Å². The van der Waals surface area contributed by atoms with Crippen molar-refractivity contribution in [3.8, 4) is 0 Å². The van der Waals surface area contributed by atoms with Crippen LogP contribution in [0.4, 0.5) is 5.69 Å². The molecule has 2 aromatic rings. The van der Waals surface area contributed by atoms with E-state index in [9.17, 15) is 14.4 Å². The number of rotatable bonds is 5. The number of carbonyl (C=O) groups is 3. The molecule has 0 spiro atoms. The molecule has 7 nitrogen and oxygen atoms in total. The monoisotopic (exact) mass is 356 g/mol. The van der Waals surface area contributed by atoms with Crippen molar-refractivity contribution in [3.63, 3.8) is 0 Å². The minimum atomic E-state index is -0.907. The zero-order valence-electron chi connectivity index (χ0n) is 13.4. The summed E-state index contributed by atoms with van der Waals surface area (Å²) in [7, 11) is 0. The van der Waals surface area contributed by atoms with Gasteiger partial charge >= 0.3 is 11.8 Å². The van der Waals surface area contributed by atoms with E-state index < -0.39 is 17.7 Å². The molecule has 0 fully saturated rings. The third-order valence-corrected chi connectivity index (χ3v) is 3.87. The highest BCUT2D eigenvalue weighted by atomic mass is 32.2. The molecule has 0 bridgehead atoms. The summed E-state index contributed by atoms with van der Waals surface area (Å²) in [6.07, 6.45) is 3.42. The fourth-order valence-electron chi connectivity index (χ4n) is 1.81. The second kappa shape index (κ2) is 8.65. The summed E-state index contributed by atoms with van der Waals surface area (Å²) < 4.78 is 0. The number of benzene rings is 2. The van der Waals surface area contributed by atoms with Gasteiger partial charge in [-0.3, -0.25) is 14.4 Å². The Morgan fingerprint density at radius 3 is 2.20 bits per heavy atom. The lowest BCUT2D eigenvalue weighted by Crippen LogP contribution is -2.32. The first-order chi connectivity index (χ1) is 12.0. The quantitative estimate of drug-likeness (QED) is 0.327. The molecule has 2 rings (SSSR count). The van der Waals surface area contributed by atoms with Crippen molar-refractivity contribution in [2.45, 2.75) is 4.90 Å². The lowest BCUT2D eigenvalue weighted by Gasteiger charge is -2.04. The van der Waals surface area contributed by atoms with Gasteiger partial charge in [0.2, 0.25) is 5.91 Å². The topological polar surface area (TPSA) is 114 Å². The van der Waals surface area contributed by atoms with Gasteiger partial charge in [-0.25, -0.2) is 5.43 Å². The van der Waals surface area contributed by atoms with Crippen LogP contribution in [-0.2, 0) is 9.59 Å². The highest BCUT2D eigenvalue weighted by Gasteiger charge is 2.13. The zero-order valence-corrected chi connectivity index (χ0v) is 14.2. The smallest absolute Gasteiger partial charge is 0.329 e. The summed E-state index contributed by atoms with van der Waals surface area (Å²) in [5.74, 6) is -2.35. The van der Waals surface area contributed by atoms with Crippen molar-refractivity contribution in [1.29, 1.82) is 0 Å². The van der Waals surface area contributed by atoms with Crippen LogP contribution in [0.3, 0.4) is 0 Å². The molecule has 128 valence electrons. The first-order valence-electron chi connectivity index (χ1n) is 7.18. The summed E-state index contributed by atoms with van der Waals surface area (Å²) >= 11 is 1.62. The van der Waals surface area contributed by atoms with E-state index in [1.165, 1.54) is 30.5 Å². The molecule has 0 heterocycles. The molecular weight excluding hydrogens is 340 g/mol. The Hall–Kier alpha value is -3.13. The minimum absolute atomic E-state index is 0.305. The highest BCUT2D eigenvalue weighted by Crippen LogP contribution is 2.13. The van der Waals surface area contributed by atoms with E-state index in [2.05, 4.69) is 15.8 Å². The van der Waals surface area contributed by atoms with Crippen molar-refractivity contribution >= 4 is 41.4 Å². The Bertz CT molecular complexity index is 802. The molecule has 0 saturated heterocycles. The van der Waals surface area contributed by atoms with Crippen LogP contribution >= 0.6 is 11.8 Å². The Kier molecular flexibility index (Phi) is 6.30. The van der Waals surface area contributed by atoms with Gasteiger partial charge in [0.15, 0.2) is 0 Å². The van der Waals surface area contributed by atoms with Crippen LogP contribution in [0.1, 0.15) is 15.9 Å². The van der Waals surface area contributed by atoms with Crippen molar-refractivity contribution in [1.82, 2.24) is 5.43 Å². The summed E-state index contributed by atoms with van der Waals surface area (Å²) in [4.78, 5) is 35.5. The molecule has 8 heteroatoms. The standard InChI is InChI=1S/C17H16N4O3S/c1-25-14-8-2-11(3-9-14)10-19-21-17(24)16(23)20-13-6-4-12(5-7-13)15(18)22/h2-10H,1H3,(H2,18,22)(H,20,23)(H,21,24)/b19-10+. The second-order valence-electron chi connectivity index (χ2n) is 4.87. The van der Waals surface area contributed by atoms with Gasteiger partial charge in [-0.15, -0.1) is 11.8 Å². The first-order valence-corrected chi connectivity index (χ1v) is 8.40. The molecule has 2 aromatic carbocycles. The predicted octanol–water partition coefficient (Wildman–Crippen LogP) is 1.60. The van der Waals surface area contributed by atoms with Gasteiger partial charge in [-0.05, 0) is 48.2 Å². The lowest BCUT2D eigenvalue weighted by molar-refractivity contribution is -0.136. The SMILES string of the molecule is CSc1ccc(/C=N/NC(=O)C(=O)Nc2ccc(C(N)=O)cc2)cc1. The predicted molar refractivity (Wildman–Crippen MR) is 97.5 cm³/mol. The van der Waals surface area contributed by atoms with Crippen LogP contribution < -0.4 is 16.5 Å². The number of hydrogen-bond donors (Lipinski definition) is 3. The molecule has 25 heavy (non-hydrogen) atoms. The fourth-order valence-corrected chi connectivity index (χ4v) is 2.22. The highest BCUT2D eigenvalue weighted by molar-refractivity contribution is 7.98. The number of primary amides is 1. The normalized spacial score (nSPS) is 10.4. The fraction of sp³-hybridized carbons (Fsp3) is 0.0588. The zero-order chi connectivity index (χ0) is 18.2. The van der Waals surface area contributed by atoms with Crippen LogP contribution in [0, 0.1) is 0 Å². The number of nitrogens with two attached hydrogens (primary N) is 1. The Morgan fingerprint density at radius 1 is 1.00 bits per heavy atom. The molecule has 0 saturated carbocycles. The molecule has 0 aliphatic heterocycles. The summed E-state index contributed by atoms with van der Waals surface area (Å²) in [6.45, 7) is 0. The number of nitrogens with zero attached hydrogens (tertiary/aromatic N) is 1. The van der Waals surface area contributed by atoms with Gasteiger partial charge in [0.25, 0.3) is 0 Å². The molecule has 0 aromatic heterocycles. The van der Waals surface area contributed by atoms with E-state index in [1.54, 1.807) is 11.8 Å². The minimum Gasteiger partial charge on any atom is -0.366 e. The van der Waals surface area contributed by atoms with Crippen molar-refractivity contribution in [2.24, 2.45) is 10.8 Å². The van der Waals surface area contributed by atoms with Crippen LogP contribution in [-0.4, -0.2) is 30.2 Å². The summed E-state index contributed by atoms with van der Waals surface area (Å²) in [5, 5.41) is 6.14. The molecule has 0 unspecified atom stereocenters. The summed E-state index contributed by atoms with van der Waals surface area (Å²) in [5.41, 5.74) is 8.73. The Labute approximate surface area is 148 Å². The van der Waals surface area contributed by atoms with E-state index >= 15 is 0 Å². The number of nitrogens with one attached hydrogen (secondary N) is 2. The lowest BCUT2D eigenvalue weighted by atomic mass is 10.2. The van der Waals surface area contributed by atoms with E-state index in [0.717, 1.165) is 10.5 Å². The van der Waals surface area contributed by atoms with Gasteiger partial charge in [-0.2, -0.15) is 5.10 Å². The molecular formula is C17H16N4O3S. The molecule has 4 N–H and O–H groups in total. The average Bonchev–Trinajstić information content (AvgIpc) is 2.62. The number of carbonyl (C=O) groups excluding carboxylic acids is 3. The van der Waals surface area contributed by atoms with E-state index in [1.807, 2.05) is 30.5 Å². The van der Waals surface area contributed by atoms with Crippen molar-refractivity contribution in [2.75, 3.05) is 11.6 Å². The van der Waals surface area contributed by atoms with Gasteiger partial charge in [0.1, 0.15) is 0 Å². The molecule has 0 atom stereocenters. The van der Waals surface area contributed by atoms with Crippen LogP contribution in [0.15, 0.2) is 58.5 Å². The molecule has 0 radical (unpaired) electrons.